The van der Waals surface area contributed by atoms with Crippen LogP contribution in [0.1, 0.15) is 13.3 Å². The van der Waals surface area contributed by atoms with Gasteiger partial charge in [-0.1, -0.05) is 23.2 Å². The molecule has 0 fully saturated rings. The summed E-state index contributed by atoms with van der Waals surface area (Å²) in [7, 11) is 0. The monoisotopic (exact) mass is 263 g/mol. The van der Waals surface area contributed by atoms with E-state index < -0.39 is 5.97 Å². The molecule has 3 N–H and O–H groups in total. The van der Waals surface area contributed by atoms with Crippen LogP contribution in [0.5, 0.6) is 0 Å². The van der Waals surface area contributed by atoms with E-state index in [0.717, 1.165) is 0 Å². The van der Waals surface area contributed by atoms with Gasteiger partial charge in [0.1, 0.15) is 12.2 Å². The smallest absolute Gasteiger partial charge is 0.310 e. The number of Topliss-reactive ketones (excluding diaryl/α,β-unsaturated/α-hetero) is 1. The predicted octanol–water partition coefficient (Wildman–Crippen LogP) is 2.63. The Balaban J connectivity index is 0.000000293. The van der Waals surface area contributed by atoms with Crippen LogP contribution >= 0.6 is 23.2 Å². The highest BCUT2D eigenvalue weighted by molar-refractivity contribution is 6.35. The third kappa shape index (κ3) is 7.09. The molecular formula is C10H11Cl2NO3. The third-order valence-corrected chi connectivity index (χ3v) is 1.94. The molecule has 0 unspecified atom stereocenters. The van der Waals surface area contributed by atoms with E-state index in [0.29, 0.717) is 15.7 Å². The summed E-state index contributed by atoms with van der Waals surface area (Å²) < 4.78 is 0. The fourth-order valence-electron chi connectivity index (χ4n) is 0.728. The number of carboxylic acids is 1. The highest BCUT2D eigenvalue weighted by Gasteiger charge is 1.98. The van der Waals surface area contributed by atoms with Crippen molar-refractivity contribution in [3.63, 3.8) is 0 Å². The van der Waals surface area contributed by atoms with Gasteiger partial charge in [0.05, 0.1) is 10.7 Å². The third-order valence-electron chi connectivity index (χ3n) is 1.36. The molecular weight excluding hydrogens is 253 g/mol. The normalized spacial score (nSPS) is 8.94. The Labute approximate surface area is 103 Å². The van der Waals surface area contributed by atoms with E-state index in [1.807, 2.05) is 0 Å². The zero-order valence-corrected chi connectivity index (χ0v) is 10.0. The summed E-state index contributed by atoms with van der Waals surface area (Å²) in [5.41, 5.74) is 5.92. The Morgan fingerprint density at radius 2 is 1.94 bits per heavy atom. The number of benzene rings is 1. The van der Waals surface area contributed by atoms with Crippen LogP contribution in [0.3, 0.4) is 0 Å². The van der Waals surface area contributed by atoms with Crippen LogP contribution in [-0.2, 0) is 9.59 Å². The number of aliphatic carboxylic acids is 1. The maximum absolute atomic E-state index is 9.87. The van der Waals surface area contributed by atoms with Crippen molar-refractivity contribution >= 4 is 40.6 Å². The van der Waals surface area contributed by atoms with E-state index in [4.69, 9.17) is 34.0 Å². The van der Waals surface area contributed by atoms with Crippen molar-refractivity contribution in [1.29, 1.82) is 0 Å². The minimum absolute atomic E-state index is 0.312. The lowest BCUT2D eigenvalue weighted by atomic mass is 10.3. The fraction of sp³-hybridized carbons (Fsp3) is 0.200. The molecule has 1 aromatic carbocycles. The molecule has 0 atom stereocenters. The molecule has 1 rings (SSSR count). The molecule has 0 aliphatic carbocycles. The van der Waals surface area contributed by atoms with E-state index in [1.165, 1.54) is 6.92 Å². The van der Waals surface area contributed by atoms with Gasteiger partial charge in [0.2, 0.25) is 0 Å². The lowest BCUT2D eigenvalue weighted by molar-refractivity contribution is -0.139. The fourth-order valence-corrected chi connectivity index (χ4v) is 1.03. The van der Waals surface area contributed by atoms with Gasteiger partial charge in [0.15, 0.2) is 0 Å². The van der Waals surface area contributed by atoms with Gasteiger partial charge in [-0.05, 0) is 25.1 Å². The number of carbonyl (C=O) groups excluding carboxylic acids is 1. The molecule has 0 aliphatic heterocycles. The Hall–Kier alpha value is -1.26. The molecule has 4 nitrogen and oxygen atoms in total. The van der Waals surface area contributed by atoms with Crippen LogP contribution in [0.2, 0.25) is 10.0 Å². The molecule has 0 aromatic heterocycles. The van der Waals surface area contributed by atoms with Gasteiger partial charge in [-0.15, -0.1) is 0 Å². The van der Waals surface area contributed by atoms with Gasteiger partial charge in [-0.3, -0.25) is 9.59 Å². The number of carbonyl (C=O) groups is 2. The van der Waals surface area contributed by atoms with Crippen molar-refractivity contribution in [1.82, 2.24) is 0 Å². The molecule has 0 aliphatic rings. The summed E-state index contributed by atoms with van der Waals surface area (Å²) in [6.45, 7) is 1.24. The number of ketones is 1. The van der Waals surface area contributed by atoms with E-state index in [-0.39, 0.29) is 12.2 Å². The summed E-state index contributed by atoms with van der Waals surface area (Å²) >= 11 is 11.2. The molecule has 0 spiro atoms. The average Bonchev–Trinajstić information content (AvgIpc) is 2.10. The second kappa shape index (κ2) is 7.09. The maximum atomic E-state index is 9.87. The van der Waals surface area contributed by atoms with Crippen LogP contribution in [0.4, 0.5) is 5.69 Å². The van der Waals surface area contributed by atoms with Gasteiger partial charge in [-0.25, -0.2) is 0 Å². The van der Waals surface area contributed by atoms with Crippen LogP contribution in [0.15, 0.2) is 18.2 Å². The van der Waals surface area contributed by atoms with Gasteiger partial charge < -0.3 is 10.8 Å². The Kier molecular flexibility index (Phi) is 6.53. The summed E-state index contributed by atoms with van der Waals surface area (Å²) in [6.07, 6.45) is -0.361. The van der Waals surface area contributed by atoms with Gasteiger partial charge >= 0.3 is 5.97 Å². The molecule has 0 amide bonds. The predicted molar refractivity (Wildman–Crippen MR) is 63.8 cm³/mol. The molecule has 0 saturated carbocycles. The minimum Gasteiger partial charge on any atom is -0.481 e. The number of rotatable bonds is 2. The average molecular weight is 264 g/mol. The molecule has 0 radical (unpaired) electrons. The lowest BCUT2D eigenvalue weighted by Gasteiger charge is -1.95. The standard InChI is InChI=1S/C6H5Cl2N.C4H6O3/c7-4-1-2-5(8)6(9)3-4;1-3(5)2-4(6)7/h1-3H,9H2;2H2,1H3,(H,6,7). The first-order valence-corrected chi connectivity index (χ1v) is 5.00. The van der Waals surface area contributed by atoms with E-state index >= 15 is 0 Å². The molecule has 88 valence electrons. The van der Waals surface area contributed by atoms with E-state index in [9.17, 15) is 9.59 Å². The van der Waals surface area contributed by atoms with Crippen molar-refractivity contribution in [2.45, 2.75) is 13.3 Å². The number of hydrogen-bond donors (Lipinski definition) is 2. The summed E-state index contributed by atoms with van der Waals surface area (Å²) in [6, 6.07) is 4.98. The SMILES string of the molecule is CC(=O)CC(=O)O.Nc1cc(Cl)ccc1Cl. The van der Waals surface area contributed by atoms with Crippen molar-refractivity contribution < 1.29 is 14.7 Å². The Bertz CT molecular complexity index is 382. The Morgan fingerprint density at radius 1 is 1.38 bits per heavy atom. The molecule has 16 heavy (non-hydrogen) atoms. The van der Waals surface area contributed by atoms with Gasteiger partial charge in [0, 0.05) is 5.02 Å². The highest BCUT2D eigenvalue weighted by atomic mass is 35.5. The molecule has 0 heterocycles. The number of hydrogen-bond acceptors (Lipinski definition) is 3. The number of nitrogens with two attached hydrogens (primary N) is 1. The van der Waals surface area contributed by atoms with Crippen LogP contribution in [0, 0.1) is 0 Å². The largest absolute Gasteiger partial charge is 0.481 e. The lowest BCUT2D eigenvalue weighted by Crippen LogP contribution is -2.00. The second-order valence-electron chi connectivity index (χ2n) is 2.94. The topological polar surface area (TPSA) is 80.4 Å². The van der Waals surface area contributed by atoms with E-state index in [1.54, 1.807) is 18.2 Å². The minimum atomic E-state index is -1.06. The first-order chi connectivity index (χ1) is 7.32. The van der Waals surface area contributed by atoms with Crippen molar-refractivity contribution in [3.05, 3.63) is 28.2 Å². The molecule has 6 heteroatoms. The van der Waals surface area contributed by atoms with Gasteiger partial charge in [0.25, 0.3) is 0 Å². The summed E-state index contributed by atoms with van der Waals surface area (Å²) in [4.78, 5) is 19.5. The van der Waals surface area contributed by atoms with Crippen LogP contribution in [-0.4, -0.2) is 16.9 Å². The summed E-state index contributed by atoms with van der Waals surface area (Å²) in [5.74, 6) is -1.37. The zero-order chi connectivity index (χ0) is 12.7. The molecule has 0 bridgehead atoms. The maximum Gasteiger partial charge on any atom is 0.310 e. The first-order valence-electron chi connectivity index (χ1n) is 4.24. The zero-order valence-electron chi connectivity index (χ0n) is 8.54. The Morgan fingerprint density at radius 3 is 2.19 bits per heavy atom. The second-order valence-corrected chi connectivity index (χ2v) is 3.78. The van der Waals surface area contributed by atoms with Crippen molar-refractivity contribution in [2.24, 2.45) is 0 Å². The molecule has 1 aromatic rings. The van der Waals surface area contributed by atoms with Crippen LogP contribution < -0.4 is 5.73 Å². The number of anilines is 1. The highest BCUT2D eigenvalue weighted by Crippen LogP contribution is 2.21. The number of nitrogen functional groups attached to an aromatic ring is 1. The number of carboxylic acid groups (broad SMARTS) is 1. The first kappa shape index (κ1) is 14.7. The molecule has 0 saturated heterocycles. The quantitative estimate of drug-likeness (QED) is 0.635. The van der Waals surface area contributed by atoms with Crippen molar-refractivity contribution in [3.8, 4) is 0 Å². The number of halogens is 2. The van der Waals surface area contributed by atoms with Crippen LogP contribution in [0.25, 0.3) is 0 Å². The van der Waals surface area contributed by atoms with Gasteiger partial charge in [-0.2, -0.15) is 0 Å². The van der Waals surface area contributed by atoms with E-state index in [2.05, 4.69) is 0 Å². The summed E-state index contributed by atoms with van der Waals surface area (Å²) in [5, 5.41) is 9.01. The van der Waals surface area contributed by atoms with Crippen molar-refractivity contribution in [2.75, 3.05) is 5.73 Å².